The first-order valence-corrected chi connectivity index (χ1v) is 7.01. The molecule has 5 heteroatoms. The van der Waals surface area contributed by atoms with Gasteiger partial charge in [0.15, 0.2) is 5.78 Å². The number of hydrogen-bond donors (Lipinski definition) is 2. The molecule has 0 fully saturated rings. The lowest BCUT2D eigenvalue weighted by Crippen LogP contribution is -2.14. The van der Waals surface area contributed by atoms with E-state index in [1.54, 1.807) is 27.0 Å². The van der Waals surface area contributed by atoms with Crippen LogP contribution in [0, 0.1) is 20.8 Å². The minimum atomic E-state index is -0.274. The summed E-state index contributed by atoms with van der Waals surface area (Å²) < 4.78 is 5.17. The number of benzene rings is 1. The third-order valence-electron chi connectivity index (χ3n) is 3.71. The first-order chi connectivity index (χ1) is 10.3. The zero-order chi connectivity index (χ0) is 16.4. The Morgan fingerprint density at radius 3 is 2.41 bits per heavy atom. The Labute approximate surface area is 129 Å². The van der Waals surface area contributed by atoms with E-state index in [9.17, 15) is 9.59 Å². The summed E-state index contributed by atoms with van der Waals surface area (Å²) in [6.07, 6.45) is 0. The molecular weight excluding hydrogens is 280 g/mol. The average Bonchev–Trinajstić information content (AvgIpc) is 2.76. The van der Waals surface area contributed by atoms with Crippen LogP contribution in [0.25, 0.3) is 0 Å². The quantitative estimate of drug-likeness (QED) is 0.850. The van der Waals surface area contributed by atoms with Crippen molar-refractivity contribution in [2.75, 3.05) is 12.4 Å². The lowest BCUT2D eigenvalue weighted by molar-refractivity contribution is 0.101. The van der Waals surface area contributed by atoms with Crippen molar-refractivity contribution >= 4 is 17.4 Å². The van der Waals surface area contributed by atoms with E-state index in [4.69, 9.17) is 4.74 Å². The van der Waals surface area contributed by atoms with Gasteiger partial charge in [-0.1, -0.05) is 6.07 Å². The number of aryl methyl sites for hydroxylation is 2. The summed E-state index contributed by atoms with van der Waals surface area (Å²) in [6, 6.07) is 5.48. The fourth-order valence-corrected chi connectivity index (χ4v) is 2.55. The molecule has 0 radical (unpaired) electrons. The number of ketones is 1. The molecule has 0 spiro atoms. The van der Waals surface area contributed by atoms with Gasteiger partial charge in [-0.2, -0.15) is 0 Å². The Bertz CT molecular complexity index is 745. The molecule has 1 heterocycles. The number of hydrogen-bond acceptors (Lipinski definition) is 3. The van der Waals surface area contributed by atoms with Gasteiger partial charge in [-0.05, 0) is 44.9 Å². The van der Waals surface area contributed by atoms with Gasteiger partial charge in [0.25, 0.3) is 5.91 Å². The summed E-state index contributed by atoms with van der Waals surface area (Å²) in [5.74, 6) is 0.344. The molecule has 2 rings (SSSR count). The predicted octanol–water partition coefficient (Wildman–Crippen LogP) is 3.40. The maximum absolute atomic E-state index is 12.5. The van der Waals surface area contributed by atoms with Gasteiger partial charge < -0.3 is 15.0 Å². The number of amides is 1. The van der Waals surface area contributed by atoms with Crippen molar-refractivity contribution in [1.82, 2.24) is 4.98 Å². The van der Waals surface area contributed by atoms with Gasteiger partial charge in [-0.25, -0.2) is 0 Å². The molecule has 2 N–H and O–H groups in total. The molecule has 5 nitrogen and oxygen atoms in total. The molecule has 0 aliphatic carbocycles. The van der Waals surface area contributed by atoms with Crippen molar-refractivity contribution in [2.45, 2.75) is 27.7 Å². The number of aromatic amines is 1. The Morgan fingerprint density at radius 1 is 1.18 bits per heavy atom. The lowest BCUT2D eigenvalue weighted by atomic mass is 10.1. The van der Waals surface area contributed by atoms with Crippen molar-refractivity contribution in [1.29, 1.82) is 0 Å². The van der Waals surface area contributed by atoms with Crippen molar-refractivity contribution in [3.8, 4) is 5.75 Å². The van der Waals surface area contributed by atoms with E-state index < -0.39 is 0 Å². The van der Waals surface area contributed by atoms with Gasteiger partial charge >= 0.3 is 0 Å². The van der Waals surface area contributed by atoms with E-state index in [1.807, 2.05) is 19.1 Å². The second-order valence-corrected chi connectivity index (χ2v) is 5.32. The Balaban J connectivity index is 2.34. The highest BCUT2D eigenvalue weighted by atomic mass is 16.5. The minimum absolute atomic E-state index is 0.0529. The highest BCUT2D eigenvalue weighted by Crippen LogP contribution is 2.24. The Morgan fingerprint density at radius 2 is 1.86 bits per heavy atom. The van der Waals surface area contributed by atoms with Gasteiger partial charge in [0.05, 0.1) is 7.11 Å². The van der Waals surface area contributed by atoms with Crippen LogP contribution in [0.3, 0.4) is 0 Å². The molecule has 2 aromatic rings. The van der Waals surface area contributed by atoms with E-state index in [-0.39, 0.29) is 11.7 Å². The third kappa shape index (κ3) is 2.88. The number of carbonyl (C=O) groups is 2. The average molecular weight is 300 g/mol. The summed E-state index contributed by atoms with van der Waals surface area (Å²) in [7, 11) is 1.58. The highest BCUT2D eigenvalue weighted by Gasteiger charge is 2.20. The maximum Gasteiger partial charge on any atom is 0.272 e. The Hall–Kier alpha value is -2.56. The van der Waals surface area contributed by atoms with Crippen LogP contribution >= 0.6 is 0 Å². The number of ether oxygens (including phenoxy) is 1. The molecule has 22 heavy (non-hydrogen) atoms. The highest BCUT2D eigenvalue weighted by molar-refractivity contribution is 6.07. The van der Waals surface area contributed by atoms with Crippen LogP contribution in [0.15, 0.2) is 18.2 Å². The number of nitrogens with one attached hydrogen (secondary N) is 2. The molecule has 1 aromatic carbocycles. The number of rotatable bonds is 4. The van der Waals surface area contributed by atoms with E-state index in [0.29, 0.717) is 34.0 Å². The van der Waals surface area contributed by atoms with Crippen LogP contribution in [0.4, 0.5) is 5.69 Å². The molecule has 0 aliphatic rings. The number of Topliss-reactive ketones (excluding diaryl/α,β-unsaturated/α-hetero) is 1. The SMILES string of the molecule is COc1ccc(C)c(NC(=O)c2[nH]c(C)c(C(C)=O)c2C)c1. The molecule has 1 amide bonds. The normalized spacial score (nSPS) is 10.4. The first kappa shape index (κ1) is 15.8. The number of aromatic nitrogens is 1. The number of carbonyl (C=O) groups excluding carboxylic acids is 2. The van der Waals surface area contributed by atoms with Gasteiger partial charge in [-0.15, -0.1) is 0 Å². The summed E-state index contributed by atoms with van der Waals surface area (Å²) in [6.45, 7) is 6.96. The van der Waals surface area contributed by atoms with Crippen LogP contribution in [-0.2, 0) is 0 Å². The van der Waals surface area contributed by atoms with Crippen LogP contribution in [-0.4, -0.2) is 23.8 Å². The zero-order valence-electron chi connectivity index (χ0n) is 13.5. The van der Waals surface area contributed by atoms with Crippen LogP contribution < -0.4 is 10.1 Å². The van der Waals surface area contributed by atoms with Gasteiger partial charge in [0.1, 0.15) is 11.4 Å². The van der Waals surface area contributed by atoms with E-state index in [2.05, 4.69) is 10.3 Å². The third-order valence-corrected chi connectivity index (χ3v) is 3.71. The van der Waals surface area contributed by atoms with E-state index >= 15 is 0 Å². The standard InChI is InChI=1S/C17H20N2O3/c1-9-6-7-13(22-5)8-14(9)19-17(21)16-10(2)15(12(4)20)11(3)18-16/h6-8,18H,1-5H3,(H,19,21). The van der Waals surface area contributed by atoms with Crippen molar-refractivity contribution in [2.24, 2.45) is 0 Å². The number of H-pyrrole nitrogens is 1. The fourth-order valence-electron chi connectivity index (χ4n) is 2.55. The molecule has 116 valence electrons. The van der Waals surface area contributed by atoms with Crippen LogP contribution in [0.1, 0.15) is 44.6 Å². The molecule has 0 bridgehead atoms. The summed E-state index contributed by atoms with van der Waals surface area (Å²) in [5.41, 5.74) is 3.97. The largest absolute Gasteiger partial charge is 0.497 e. The van der Waals surface area contributed by atoms with E-state index in [0.717, 1.165) is 5.56 Å². The predicted molar refractivity (Wildman–Crippen MR) is 86.0 cm³/mol. The van der Waals surface area contributed by atoms with Gasteiger partial charge in [0.2, 0.25) is 0 Å². The first-order valence-electron chi connectivity index (χ1n) is 7.01. The zero-order valence-corrected chi connectivity index (χ0v) is 13.5. The molecular formula is C17H20N2O3. The molecule has 0 saturated carbocycles. The van der Waals surface area contributed by atoms with Gasteiger partial charge in [0, 0.05) is 23.0 Å². The topological polar surface area (TPSA) is 71.2 Å². The van der Waals surface area contributed by atoms with Crippen molar-refractivity contribution in [3.63, 3.8) is 0 Å². The molecule has 0 unspecified atom stereocenters. The van der Waals surface area contributed by atoms with Crippen LogP contribution in [0.5, 0.6) is 5.75 Å². The molecule has 1 aromatic heterocycles. The monoisotopic (exact) mass is 300 g/mol. The minimum Gasteiger partial charge on any atom is -0.497 e. The lowest BCUT2D eigenvalue weighted by Gasteiger charge is -2.10. The number of methoxy groups -OCH3 is 1. The Kier molecular flexibility index (Phi) is 4.35. The molecule has 0 aliphatic heterocycles. The maximum atomic E-state index is 12.5. The summed E-state index contributed by atoms with van der Waals surface area (Å²) in [5, 5.41) is 2.86. The van der Waals surface area contributed by atoms with Crippen LogP contribution in [0.2, 0.25) is 0 Å². The molecule has 0 saturated heterocycles. The van der Waals surface area contributed by atoms with Gasteiger partial charge in [-0.3, -0.25) is 9.59 Å². The summed E-state index contributed by atoms with van der Waals surface area (Å²) >= 11 is 0. The second kappa shape index (κ2) is 6.05. The smallest absolute Gasteiger partial charge is 0.272 e. The van der Waals surface area contributed by atoms with Crippen molar-refractivity contribution in [3.05, 3.63) is 46.3 Å². The van der Waals surface area contributed by atoms with Crippen molar-refractivity contribution < 1.29 is 14.3 Å². The number of anilines is 1. The van der Waals surface area contributed by atoms with E-state index in [1.165, 1.54) is 6.92 Å². The fraction of sp³-hybridized carbons (Fsp3) is 0.294. The molecule has 0 atom stereocenters. The summed E-state index contributed by atoms with van der Waals surface area (Å²) in [4.78, 5) is 27.1. The second-order valence-electron chi connectivity index (χ2n) is 5.32.